The number of halogens is 1. The maximum Gasteiger partial charge on any atom is 0.268 e. The van der Waals surface area contributed by atoms with E-state index in [0.717, 1.165) is 20.1 Å². The van der Waals surface area contributed by atoms with Crippen molar-refractivity contribution in [1.29, 1.82) is 0 Å². The number of hydrogen-bond donors (Lipinski definition) is 2. The summed E-state index contributed by atoms with van der Waals surface area (Å²) in [5.41, 5.74) is 1.64. The summed E-state index contributed by atoms with van der Waals surface area (Å²) in [4.78, 5) is 16.2. The van der Waals surface area contributed by atoms with E-state index in [0.29, 0.717) is 5.69 Å². The number of carbonyl (C=O) groups excluding carboxylic acids is 1. The molecule has 0 saturated heterocycles. The molecular formula is C15H13ClN2OS. The average Bonchev–Trinajstić information content (AvgIpc) is 2.96. The van der Waals surface area contributed by atoms with Crippen LogP contribution in [0.2, 0.25) is 4.34 Å². The third kappa shape index (κ3) is 2.57. The fourth-order valence-electron chi connectivity index (χ4n) is 2.11. The molecule has 2 heterocycles. The Morgan fingerprint density at radius 1 is 1.30 bits per heavy atom. The van der Waals surface area contributed by atoms with Crippen molar-refractivity contribution in [2.75, 3.05) is 0 Å². The Kier molecular flexibility index (Phi) is 3.51. The van der Waals surface area contributed by atoms with E-state index in [1.165, 1.54) is 11.3 Å². The quantitative estimate of drug-likeness (QED) is 0.741. The molecule has 2 N–H and O–H groups in total. The van der Waals surface area contributed by atoms with E-state index >= 15 is 0 Å². The normalized spacial score (nSPS) is 12.5. The Labute approximate surface area is 125 Å². The second-order valence-corrected chi connectivity index (χ2v) is 6.31. The number of carbonyl (C=O) groups is 1. The monoisotopic (exact) mass is 304 g/mol. The van der Waals surface area contributed by atoms with Gasteiger partial charge in [-0.05, 0) is 24.6 Å². The van der Waals surface area contributed by atoms with E-state index in [9.17, 15) is 4.79 Å². The summed E-state index contributed by atoms with van der Waals surface area (Å²) in [5.74, 6) is -0.110. The lowest BCUT2D eigenvalue weighted by atomic mass is 10.1. The predicted molar refractivity (Wildman–Crippen MR) is 83.5 cm³/mol. The van der Waals surface area contributed by atoms with Crippen molar-refractivity contribution < 1.29 is 4.79 Å². The first-order chi connectivity index (χ1) is 9.63. The summed E-state index contributed by atoms with van der Waals surface area (Å²) in [6.07, 6.45) is 0. The SMILES string of the molecule is CC(NC(=O)c1cc2cc(Cl)sc2[nH]1)c1ccccc1. The van der Waals surface area contributed by atoms with Crippen LogP contribution in [-0.4, -0.2) is 10.9 Å². The summed E-state index contributed by atoms with van der Waals surface area (Å²) in [6, 6.07) is 13.5. The van der Waals surface area contributed by atoms with Crippen molar-refractivity contribution >= 4 is 39.1 Å². The summed E-state index contributed by atoms with van der Waals surface area (Å²) < 4.78 is 0.718. The highest BCUT2D eigenvalue weighted by molar-refractivity contribution is 7.22. The molecule has 1 aromatic carbocycles. The van der Waals surface area contributed by atoms with Gasteiger partial charge in [0, 0.05) is 5.39 Å². The lowest BCUT2D eigenvalue weighted by molar-refractivity contribution is 0.0935. The molecule has 0 saturated carbocycles. The highest BCUT2D eigenvalue weighted by Gasteiger charge is 2.14. The first-order valence-corrected chi connectivity index (χ1v) is 7.47. The van der Waals surface area contributed by atoms with Crippen molar-refractivity contribution in [3.63, 3.8) is 0 Å². The summed E-state index contributed by atoms with van der Waals surface area (Å²) in [7, 11) is 0. The average molecular weight is 305 g/mol. The minimum absolute atomic E-state index is 0.0337. The molecule has 0 radical (unpaired) electrons. The van der Waals surface area contributed by atoms with Crippen molar-refractivity contribution in [2.24, 2.45) is 0 Å². The molecule has 5 heteroatoms. The van der Waals surface area contributed by atoms with E-state index < -0.39 is 0 Å². The van der Waals surface area contributed by atoms with Crippen LogP contribution in [0.4, 0.5) is 0 Å². The predicted octanol–water partition coefficient (Wildman–Crippen LogP) is 4.37. The number of amides is 1. The molecule has 0 bridgehead atoms. The number of fused-ring (bicyclic) bond motifs is 1. The van der Waals surface area contributed by atoms with Crippen molar-refractivity contribution in [2.45, 2.75) is 13.0 Å². The molecule has 3 aromatic rings. The summed E-state index contributed by atoms with van der Waals surface area (Å²) in [6.45, 7) is 1.97. The van der Waals surface area contributed by atoms with Gasteiger partial charge in [0.2, 0.25) is 0 Å². The highest BCUT2D eigenvalue weighted by atomic mass is 35.5. The minimum atomic E-state index is -0.110. The summed E-state index contributed by atoms with van der Waals surface area (Å²) in [5, 5.41) is 3.95. The van der Waals surface area contributed by atoms with Gasteiger partial charge in [-0.2, -0.15) is 0 Å². The van der Waals surface area contributed by atoms with Crippen LogP contribution in [0.15, 0.2) is 42.5 Å². The van der Waals surface area contributed by atoms with Gasteiger partial charge in [-0.1, -0.05) is 41.9 Å². The third-order valence-electron chi connectivity index (χ3n) is 3.17. The zero-order chi connectivity index (χ0) is 14.1. The van der Waals surface area contributed by atoms with Gasteiger partial charge in [-0.15, -0.1) is 11.3 Å². The van der Waals surface area contributed by atoms with Crippen LogP contribution in [-0.2, 0) is 0 Å². The number of nitrogens with one attached hydrogen (secondary N) is 2. The standard InChI is InChI=1S/C15H13ClN2OS/c1-9(10-5-3-2-4-6-10)17-14(19)12-7-11-8-13(16)20-15(11)18-12/h2-9,18H,1H3,(H,17,19). The largest absolute Gasteiger partial charge is 0.344 e. The maximum atomic E-state index is 12.2. The molecule has 1 unspecified atom stereocenters. The molecule has 3 nitrogen and oxygen atoms in total. The number of aromatic nitrogens is 1. The first kappa shape index (κ1) is 13.2. The second-order valence-electron chi connectivity index (χ2n) is 4.62. The molecular weight excluding hydrogens is 292 g/mol. The summed E-state index contributed by atoms with van der Waals surface area (Å²) >= 11 is 7.35. The Balaban J connectivity index is 1.77. The number of aromatic amines is 1. The molecule has 0 aliphatic carbocycles. The molecule has 0 aliphatic heterocycles. The Morgan fingerprint density at radius 2 is 2.05 bits per heavy atom. The van der Waals surface area contributed by atoms with Gasteiger partial charge in [0.25, 0.3) is 5.91 Å². The van der Waals surface area contributed by atoms with E-state index in [1.54, 1.807) is 0 Å². The molecule has 2 aromatic heterocycles. The van der Waals surface area contributed by atoms with Gasteiger partial charge in [-0.3, -0.25) is 4.79 Å². The molecule has 0 spiro atoms. The first-order valence-electron chi connectivity index (χ1n) is 6.27. The lowest BCUT2D eigenvalue weighted by Gasteiger charge is -2.13. The Hall–Kier alpha value is -1.78. The number of hydrogen-bond acceptors (Lipinski definition) is 2. The van der Waals surface area contributed by atoms with Crippen LogP contribution in [0.3, 0.4) is 0 Å². The van der Waals surface area contributed by atoms with E-state index in [2.05, 4.69) is 10.3 Å². The molecule has 0 aliphatic rings. The zero-order valence-electron chi connectivity index (χ0n) is 10.8. The molecule has 102 valence electrons. The minimum Gasteiger partial charge on any atom is -0.344 e. The Morgan fingerprint density at radius 3 is 2.75 bits per heavy atom. The van der Waals surface area contributed by atoms with Crippen LogP contribution >= 0.6 is 22.9 Å². The van der Waals surface area contributed by atoms with E-state index in [4.69, 9.17) is 11.6 Å². The fourth-order valence-corrected chi connectivity index (χ4v) is 3.24. The number of thiophene rings is 1. The molecule has 3 rings (SSSR count). The molecule has 0 fully saturated rings. The molecule has 1 amide bonds. The van der Waals surface area contributed by atoms with E-state index in [-0.39, 0.29) is 11.9 Å². The van der Waals surface area contributed by atoms with Crippen molar-refractivity contribution in [3.8, 4) is 0 Å². The number of benzene rings is 1. The zero-order valence-corrected chi connectivity index (χ0v) is 12.4. The number of rotatable bonds is 3. The van der Waals surface area contributed by atoms with Gasteiger partial charge in [-0.25, -0.2) is 0 Å². The fraction of sp³-hybridized carbons (Fsp3) is 0.133. The van der Waals surface area contributed by atoms with Crippen LogP contribution in [0, 0.1) is 0 Å². The topological polar surface area (TPSA) is 44.9 Å². The van der Waals surface area contributed by atoms with Gasteiger partial charge in [0.1, 0.15) is 10.5 Å². The molecule has 20 heavy (non-hydrogen) atoms. The number of H-pyrrole nitrogens is 1. The molecule has 1 atom stereocenters. The lowest BCUT2D eigenvalue weighted by Crippen LogP contribution is -2.26. The second kappa shape index (κ2) is 5.31. The van der Waals surface area contributed by atoms with Crippen molar-refractivity contribution in [1.82, 2.24) is 10.3 Å². The smallest absolute Gasteiger partial charge is 0.268 e. The third-order valence-corrected chi connectivity index (χ3v) is 4.37. The van der Waals surface area contributed by atoms with Crippen molar-refractivity contribution in [3.05, 3.63) is 58.1 Å². The van der Waals surface area contributed by atoms with Gasteiger partial charge < -0.3 is 10.3 Å². The van der Waals surface area contributed by atoms with E-state index in [1.807, 2.05) is 49.4 Å². The van der Waals surface area contributed by atoms with Crippen LogP contribution in [0.5, 0.6) is 0 Å². The van der Waals surface area contributed by atoms with Gasteiger partial charge in [0.05, 0.1) is 10.4 Å². The highest BCUT2D eigenvalue weighted by Crippen LogP contribution is 2.29. The van der Waals surface area contributed by atoms with Crippen LogP contribution in [0.25, 0.3) is 10.2 Å². The van der Waals surface area contributed by atoms with Crippen LogP contribution < -0.4 is 5.32 Å². The maximum absolute atomic E-state index is 12.2. The Bertz CT molecular complexity index is 716. The van der Waals surface area contributed by atoms with Gasteiger partial charge >= 0.3 is 0 Å². The van der Waals surface area contributed by atoms with Crippen LogP contribution in [0.1, 0.15) is 29.0 Å². The van der Waals surface area contributed by atoms with Gasteiger partial charge in [0.15, 0.2) is 0 Å².